The normalized spacial score (nSPS) is 10.9. The molecule has 25 heavy (non-hydrogen) atoms. The zero-order valence-corrected chi connectivity index (χ0v) is 14.7. The van der Waals surface area contributed by atoms with Crippen molar-refractivity contribution in [1.29, 1.82) is 0 Å². The SMILES string of the molecule is CS(=O)(=O)CCCNC(=O)c1ccccc1NC(=O)c1ccccc1. The van der Waals surface area contributed by atoms with Gasteiger partial charge in [-0.3, -0.25) is 9.59 Å². The summed E-state index contributed by atoms with van der Waals surface area (Å²) in [6.45, 7) is 0.243. The molecule has 2 N–H and O–H groups in total. The zero-order chi connectivity index (χ0) is 18.3. The van der Waals surface area contributed by atoms with Gasteiger partial charge >= 0.3 is 0 Å². The molecule has 0 bridgehead atoms. The Balaban J connectivity index is 2.02. The molecule has 2 aromatic rings. The first-order valence-electron chi connectivity index (χ1n) is 7.78. The number of nitrogens with one attached hydrogen (secondary N) is 2. The Bertz CT molecular complexity index is 848. The molecule has 0 saturated heterocycles. The quantitative estimate of drug-likeness (QED) is 0.740. The highest BCUT2D eigenvalue weighted by Gasteiger charge is 2.13. The van der Waals surface area contributed by atoms with Crippen LogP contribution in [0.4, 0.5) is 5.69 Å². The van der Waals surface area contributed by atoms with Crippen LogP contribution in [-0.2, 0) is 9.84 Å². The second-order valence-electron chi connectivity index (χ2n) is 5.61. The third-order valence-electron chi connectivity index (χ3n) is 3.43. The molecule has 2 amide bonds. The predicted octanol–water partition coefficient (Wildman–Crippen LogP) is 2.10. The van der Waals surface area contributed by atoms with Gasteiger partial charge in [0.2, 0.25) is 0 Å². The van der Waals surface area contributed by atoms with E-state index in [-0.39, 0.29) is 24.1 Å². The van der Waals surface area contributed by atoms with Crippen LogP contribution in [0.1, 0.15) is 27.1 Å². The minimum Gasteiger partial charge on any atom is -0.352 e. The standard InChI is InChI=1S/C18H20N2O4S/c1-25(23,24)13-7-12-19-18(22)15-10-5-6-11-16(15)20-17(21)14-8-3-2-4-9-14/h2-6,8-11H,7,12-13H2,1H3,(H,19,22)(H,20,21). The average molecular weight is 360 g/mol. The first kappa shape index (κ1) is 18.7. The highest BCUT2D eigenvalue weighted by atomic mass is 32.2. The molecule has 0 spiro atoms. The van der Waals surface area contributed by atoms with Crippen molar-refractivity contribution in [3.8, 4) is 0 Å². The van der Waals surface area contributed by atoms with E-state index < -0.39 is 9.84 Å². The predicted molar refractivity (Wildman–Crippen MR) is 97.5 cm³/mol. The number of sulfone groups is 1. The maximum atomic E-state index is 12.3. The van der Waals surface area contributed by atoms with Crippen molar-refractivity contribution >= 4 is 27.3 Å². The van der Waals surface area contributed by atoms with Gasteiger partial charge in [-0.25, -0.2) is 8.42 Å². The van der Waals surface area contributed by atoms with E-state index in [0.29, 0.717) is 23.2 Å². The number of para-hydroxylation sites is 1. The number of amides is 2. The molecule has 0 unspecified atom stereocenters. The highest BCUT2D eigenvalue weighted by molar-refractivity contribution is 7.90. The fourth-order valence-corrected chi connectivity index (χ4v) is 2.87. The molecule has 2 aromatic carbocycles. The third-order valence-corrected chi connectivity index (χ3v) is 4.46. The third kappa shape index (κ3) is 6.04. The van der Waals surface area contributed by atoms with E-state index in [0.717, 1.165) is 6.26 Å². The molecule has 0 aliphatic carbocycles. The first-order chi connectivity index (χ1) is 11.9. The fraction of sp³-hybridized carbons (Fsp3) is 0.222. The van der Waals surface area contributed by atoms with E-state index in [4.69, 9.17) is 0 Å². The topological polar surface area (TPSA) is 92.3 Å². The molecule has 0 atom stereocenters. The van der Waals surface area contributed by atoms with Crippen LogP contribution < -0.4 is 10.6 Å². The van der Waals surface area contributed by atoms with Crippen LogP contribution in [0.2, 0.25) is 0 Å². The van der Waals surface area contributed by atoms with Gasteiger partial charge in [-0.05, 0) is 30.7 Å². The lowest BCUT2D eigenvalue weighted by Gasteiger charge is -2.11. The Kier molecular flexibility index (Phi) is 6.30. The maximum absolute atomic E-state index is 12.3. The largest absolute Gasteiger partial charge is 0.352 e. The molecule has 132 valence electrons. The molecular weight excluding hydrogens is 340 g/mol. The van der Waals surface area contributed by atoms with Gasteiger partial charge in [0.05, 0.1) is 17.0 Å². The molecule has 0 aromatic heterocycles. The van der Waals surface area contributed by atoms with Gasteiger partial charge < -0.3 is 10.6 Å². The van der Waals surface area contributed by atoms with E-state index in [1.54, 1.807) is 48.5 Å². The fourth-order valence-electron chi connectivity index (χ4n) is 2.21. The number of rotatable bonds is 7. The lowest BCUT2D eigenvalue weighted by atomic mass is 10.1. The van der Waals surface area contributed by atoms with Crippen molar-refractivity contribution in [2.75, 3.05) is 23.9 Å². The molecule has 0 radical (unpaired) electrons. The van der Waals surface area contributed by atoms with Crippen LogP contribution >= 0.6 is 0 Å². The molecule has 0 aliphatic heterocycles. The summed E-state index contributed by atoms with van der Waals surface area (Å²) in [5.74, 6) is -0.657. The first-order valence-corrected chi connectivity index (χ1v) is 9.84. The van der Waals surface area contributed by atoms with Crippen molar-refractivity contribution in [1.82, 2.24) is 5.32 Å². The van der Waals surface area contributed by atoms with Crippen molar-refractivity contribution in [3.63, 3.8) is 0 Å². The molecular formula is C18H20N2O4S. The summed E-state index contributed by atoms with van der Waals surface area (Å²) >= 11 is 0. The lowest BCUT2D eigenvalue weighted by molar-refractivity contribution is 0.0954. The van der Waals surface area contributed by atoms with Gasteiger partial charge in [-0.2, -0.15) is 0 Å². The monoisotopic (exact) mass is 360 g/mol. The zero-order valence-electron chi connectivity index (χ0n) is 13.9. The molecule has 0 heterocycles. The van der Waals surface area contributed by atoms with Crippen molar-refractivity contribution in [2.45, 2.75) is 6.42 Å². The van der Waals surface area contributed by atoms with Crippen LogP contribution in [0.25, 0.3) is 0 Å². The second kappa shape index (κ2) is 8.43. The van der Waals surface area contributed by atoms with E-state index in [9.17, 15) is 18.0 Å². The Morgan fingerprint density at radius 2 is 1.56 bits per heavy atom. The van der Waals surface area contributed by atoms with Crippen LogP contribution in [0.15, 0.2) is 54.6 Å². The summed E-state index contributed by atoms with van der Waals surface area (Å²) < 4.78 is 22.2. The summed E-state index contributed by atoms with van der Waals surface area (Å²) in [5, 5.41) is 5.40. The number of hydrogen-bond donors (Lipinski definition) is 2. The Morgan fingerprint density at radius 3 is 2.24 bits per heavy atom. The Labute approximate surface area is 147 Å². The molecule has 0 saturated carbocycles. The highest BCUT2D eigenvalue weighted by Crippen LogP contribution is 2.16. The summed E-state index contributed by atoms with van der Waals surface area (Å²) in [6, 6.07) is 15.4. The summed E-state index contributed by atoms with van der Waals surface area (Å²) in [6.07, 6.45) is 1.49. The molecule has 7 heteroatoms. The second-order valence-corrected chi connectivity index (χ2v) is 7.86. The molecule has 2 rings (SSSR count). The van der Waals surface area contributed by atoms with E-state index in [1.807, 2.05) is 6.07 Å². The van der Waals surface area contributed by atoms with E-state index in [2.05, 4.69) is 10.6 Å². The number of anilines is 1. The van der Waals surface area contributed by atoms with Gasteiger partial charge in [-0.1, -0.05) is 30.3 Å². The van der Waals surface area contributed by atoms with E-state index >= 15 is 0 Å². The maximum Gasteiger partial charge on any atom is 0.255 e. The molecule has 6 nitrogen and oxygen atoms in total. The number of carbonyl (C=O) groups is 2. The smallest absolute Gasteiger partial charge is 0.255 e. The number of hydrogen-bond acceptors (Lipinski definition) is 4. The van der Waals surface area contributed by atoms with Gasteiger partial charge in [0.15, 0.2) is 0 Å². The lowest BCUT2D eigenvalue weighted by Crippen LogP contribution is -2.27. The van der Waals surface area contributed by atoms with Crippen LogP contribution in [0.3, 0.4) is 0 Å². The minimum atomic E-state index is -3.05. The van der Waals surface area contributed by atoms with Crippen molar-refractivity contribution in [3.05, 3.63) is 65.7 Å². The van der Waals surface area contributed by atoms with Crippen LogP contribution in [0, 0.1) is 0 Å². The van der Waals surface area contributed by atoms with Gasteiger partial charge in [0.1, 0.15) is 9.84 Å². The van der Waals surface area contributed by atoms with Crippen LogP contribution in [-0.4, -0.2) is 38.8 Å². The number of carbonyl (C=O) groups excluding carboxylic acids is 2. The Morgan fingerprint density at radius 1 is 0.920 bits per heavy atom. The van der Waals surface area contributed by atoms with Crippen LogP contribution in [0.5, 0.6) is 0 Å². The molecule has 0 aliphatic rings. The Hall–Kier alpha value is -2.67. The summed E-state index contributed by atoms with van der Waals surface area (Å²) in [4.78, 5) is 24.5. The molecule has 0 fully saturated rings. The summed E-state index contributed by atoms with van der Waals surface area (Å²) in [5.41, 5.74) is 1.22. The van der Waals surface area contributed by atoms with E-state index in [1.165, 1.54) is 0 Å². The summed E-state index contributed by atoms with van der Waals surface area (Å²) in [7, 11) is -3.05. The van der Waals surface area contributed by atoms with Gasteiger partial charge in [-0.15, -0.1) is 0 Å². The van der Waals surface area contributed by atoms with Crippen molar-refractivity contribution in [2.24, 2.45) is 0 Å². The van der Waals surface area contributed by atoms with Crippen molar-refractivity contribution < 1.29 is 18.0 Å². The average Bonchev–Trinajstić information content (AvgIpc) is 2.59. The van der Waals surface area contributed by atoms with Gasteiger partial charge in [0, 0.05) is 18.4 Å². The number of benzene rings is 2. The minimum absolute atomic E-state index is 0.0136. The van der Waals surface area contributed by atoms with Gasteiger partial charge in [0.25, 0.3) is 11.8 Å².